The summed E-state index contributed by atoms with van der Waals surface area (Å²) in [7, 11) is 0. The zero-order valence-corrected chi connectivity index (χ0v) is 12.5. The largest absolute Gasteiger partial charge is 0.377 e. The average molecular weight is 269 g/mol. The molecule has 2 aliphatic rings. The van der Waals surface area contributed by atoms with Gasteiger partial charge in [0.2, 0.25) is 0 Å². The van der Waals surface area contributed by atoms with E-state index in [1.807, 2.05) is 0 Å². The normalized spacial score (nSPS) is 26.7. The summed E-state index contributed by atoms with van der Waals surface area (Å²) in [6, 6.07) is 0.557. The Labute approximate surface area is 118 Å². The van der Waals surface area contributed by atoms with Crippen molar-refractivity contribution in [3.8, 4) is 0 Å². The molecule has 1 aliphatic carbocycles. The van der Waals surface area contributed by atoms with Crippen LogP contribution >= 0.6 is 0 Å². The molecule has 3 heteroatoms. The van der Waals surface area contributed by atoms with Crippen LogP contribution in [0, 0.1) is 5.92 Å². The smallest absolute Gasteiger partial charge is 0.0809 e. The first kappa shape index (κ1) is 15.3. The van der Waals surface area contributed by atoms with E-state index < -0.39 is 0 Å². The number of hydrogen-bond acceptors (Lipinski definition) is 3. The van der Waals surface area contributed by atoms with Crippen molar-refractivity contribution < 1.29 is 9.47 Å². The SMILES string of the molecule is CCCNC(COCC1CCCO1)C1CCCCC1. The van der Waals surface area contributed by atoms with Gasteiger partial charge in [-0.05, 0) is 44.6 Å². The van der Waals surface area contributed by atoms with E-state index in [1.165, 1.54) is 51.4 Å². The highest BCUT2D eigenvalue weighted by atomic mass is 16.5. The Morgan fingerprint density at radius 2 is 2.00 bits per heavy atom. The maximum atomic E-state index is 5.94. The van der Waals surface area contributed by atoms with Crippen LogP contribution in [-0.4, -0.2) is 38.5 Å². The van der Waals surface area contributed by atoms with Gasteiger partial charge in [0.15, 0.2) is 0 Å². The molecule has 2 rings (SSSR count). The fourth-order valence-electron chi connectivity index (χ4n) is 3.33. The van der Waals surface area contributed by atoms with Crippen molar-refractivity contribution in [3.05, 3.63) is 0 Å². The summed E-state index contributed by atoms with van der Waals surface area (Å²) >= 11 is 0. The average Bonchev–Trinajstić information content (AvgIpc) is 2.97. The van der Waals surface area contributed by atoms with Gasteiger partial charge in [-0.25, -0.2) is 0 Å². The van der Waals surface area contributed by atoms with Gasteiger partial charge in [0, 0.05) is 12.6 Å². The molecule has 0 aromatic carbocycles. The van der Waals surface area contributed by atoms with Crippen molar-refractivity contribution in [2.45, 2.75) is 70.4 Å². The molecule has 0 aromatic heterocycles. The first-order chi connectivity index (χ1) is 9.40. The molecule has 1 saturated heterocycles. The topological polar surface area (TPSA) is 30.5 Å². The van der Waals surface area contributed by atoms with E-state index in [0.29, 0.717) is 12.1 Å². The molecule has 0 amide bonds. The molecule has 1 saturated carbocycles. The Bertz CT molecular complexity index is 223. The molecule has 2 fully saturated rings. The van der Waals surface area contributed by atoms with Crippen LogP contribution in [0.25, 0.3) is 0 Å². The minimum atomic E-state index is 0.359. The van der Waals surface area contributed by atoms with Crippen LogP contribution in [0.5, 0.6) is 0 Å². The van der Waals surface area contributed by atoms with Crippen LogP contribution in [0.3, 0.4) is 0 Å². The van der Waals surface area contributed by atoms with E-state index in [4.69, 9.17) is 9.47 Å². The second-order valence-electron chi connectivity index (χ2n) is 6.13. The third kappa shape index (κ3) is 5.41. The van der Waals surface area contributed by atoms with Gasteiger partial charge in [-0.1, -0.05) is 26.2 Å². The molecule has 112 valence electrons. The summed E-state index contributed by atoms with van der Waals surface area (Å²) in [5, 5.41) is 3.70. The lowest BCUT2D eigenvalue weighted by molar-refractivity contribution is 0.00271. The highest BCUT2D eigenvalue weighted by molar-refractivity contribution is 4.79. The minimum Gasteiger partial charge on any atom is -0.377 e. The zero-order chi connectivity index (χ0) is 13.3. The summed E-state index contributed by atoms with van der Waals surface area (Å²) in [4.78, 5) is 0. The summed E-state index contributed by atoms with van der Waals surface area (Å²) in [5.41, 5.74) is 0. The Morgan fingerprint density at radius 1 is 1.16 bits per heavy atom. The third-order valence-electron chi connectivity index (χ3n) is 4.50. The summed E-state index contributed by atoms with van der Waals surface area (Å²) in [6.07, 6.45) is 10.9. The summed E-state index contributed by atoms with van der Waals surface area (Å²) < 4.78 is 11.6. The van der Waals surface area contributed by atoms with Crippen LogP contribution in [0.4, 0.5) is 0 Å². The highest BCUT2D eigenvalue weighted by Gasteiger charge is 2.24. The fourth-order valence-corrected chi connectivity index (χ4v) is 3.33. The van der Waals surface area contributed by atoms with Crippen LogP contribution in [0.15, 0.2) is 0 Å². The van der Waals surface area contributed by atoms with E-state index in [9.17, 15) is 0 Å². The van der Waals surface area contributed by atoms with Crippen LogP contribution in [0.1, 0.15) is 58.3 Å². The van der Waals surface area contributed by atoms with Gasteiger partial charge in [-0.3, -0.25) is 0 Å². The van der Waals surface area contributed by atoms with E-state index in [2.05, 4.69) is 12.2 Å². The second kappa shape index (κ2) is 8.93. The maximum Gasteiger partial charge on any atom is 0.0809 e. The molecule has 1 aliphatic heterocycles. The van der Waals surface area contributed by atoms with Crippen LogP contribution in [-0.2, 0) is 9.47 Å². The zero-order valence-electron chi connectivity index (χ0n) is 12.5. The van der Waals surface area contributed by atoms with E-state index >= 15 is 0 Å². The number of ether oxygens (including phenoxy) is 2. The Hall–Kier alpha value is -0.120. The summed E-state index contributed by atoms with van der Waals surface area (Å²) in [5.74, 6) is 0.824. The molecule has 1 heterocycles. The molecule has 2 unspecified atom stereocenters. The lowest BCUT2D eigenvalue weighted by atomic mass is 9.84. The molecule has 1 N–H and O–H groups in total. The second-order valence-corrected chi connectivity index (χ2v) is 6.13. The van der Waals surface area contributed by atoms with E-state index in [-0.39, 0.29) is 0 Å². The minimum absolute atomic E-state index is 0.359. The number of nitrogens with one attached hydrogen (secondary N) is 1. The van der Waals surface area contributed by atoms with E-state index in [0.717, 1.165) is 32.3 Å². The van der Waals surface area contributed by atoms with Crippen molar-refractivity contribution in [1.29, 1.82) is 0 Å². The first-order valence-electron chi connectivity index (χ1n) is 8.33. The first-order valence-corrected chi connectivity index (χ1v) is 8.33. The van der Waals surface area contributed by atoms with E-state index in [1.54, 1.807) is 0 Å². The molecular weight excluding hydrogens is 238 g/mol. The van der Waals surface area contributed by atoms with Crippen molar-refractivity contribution in [3.63, 3.8) is 0 Å². The maximum absolute atomic E-state index is 5.94. The molecule has 0 radical (unpaired) electrons. The lowest BCUT2D eigenvalue weighted by Crippen LogP contribution is -2.41. The van der Waals surface area contributed by atoms with Gasteiger partial charge in [-0.15, -0.1) is 0 Å². The number of hydrogen-bond donors (Lipinski definition) is 1. The quantitative estimate of drug-likeness (QED) is 0.734. The molecule has 3 nitrogen and oxygen atoms in total. The highest BCUT2D eigenvalue weighted by Crippen LogP contribution is 2.26. The van der Waals surface area contributed by atoms with Crippen molar-refractivity contribution in [2.75, 3.05) is 26.4 Å². The Morgan fingerprint density at radius 3 is 2.68 bits per heavy atom. The number of rotatable bonds is 8. The predicted molar refractivity (Wildman–Crippen MR) is 78.4 cm³/mol. The Kier molecular flexibility index (Phi) is 7.18. The predicted octanol–water partition coefficient (Wildman–Crippen LogP) is 3.13. The van der Waals surface area contributed by atoms with Gasteiger partial charge in [-0.2, -0.15) is 0 Å². The molecular formula is C16H31NO2. The molecule has 0 bridgehead atoms. The molecule has 0 spiro atoms. The lowest BCUT2D eigenvalue weighted by Gasteiger charge is -2.31. The van der Waals surface area contributed by atoms with Crippen molar-refractivity contribution >= 4 is 0 Å². The van der Waals surface area contributed by atoms with Crippen LogP contribution < -0.4 is 5.32 Å². The Balaban J connectivity index is 1.69. The third-order valence-corrected chi connectivity index (χ3v) is 4.50. The summed E-state index contributed by atoms with van der Waals surface area (Å²) in [6.45, 7) is 5.93. The van der Waals surface area contributed by atoms with Gasteiger partial charge in [0.05, 0.1) is 19.3 Å². The van der Waals surface area contributed by atoms with Crippen molar-refractivity contribution in [2.24, 2.45) is 5.92 Å². The van der Waals surface area contributed by atoms with Crippen molar-refractivity contribution in [1.82, 2.24) is 5.32 Å². The van der Waals surface area contributed by atoms with Crippen LogP contribution in [0.2, 0.25) is 0 Å². The molecule has 19 heavy (non-hydrogen) atoms. The van der Waals surface area contributed by atoms with Gasteiger partial charge < -0.3 is 14.8 Å². The monoisotopic (exact) mass is 269 g/mol. The molecule has 2 atom stereocenters. The van der Waals surface area contributed by atoms with Gasteiger partial charge in [0.1, 0.15) is 0 Å². The van der Waals surface area contributed by atoms with Gasteiger partial charge >= 0.3 is 0 Å². The molecule has 0 aromatic rings. The fraction of sp³-hybridized carbons (Fsp3) is 1.00. The standard InChI is InChI=1S/C16H31NO2/c1-2-10-17-16(14-7-4-3-5-8-14)13-18-12-15-9-6-11-19-15/h14-17H,2-13H2,1H3. The van der Waals surface area contributed by atoms with Gasteiger partial charge in [0.25, 0.3) is 0 Å².